The second kappa shape index (κ2) is 3.78. The Bertz CT molecular complexity index is 138. The molecule has 0 aliphatic heterocycles. The molecule has 4 nitrogen and oxygen atoms in total. The van der Waals surface area contributed by atoms with Gasteiger partial charge in [0.05, 0.1) is 12.2 Å². The predicted octanol–water partition coefficient (Wildman–Crippen LogP) is 0.663. The molecule has 0 aliphatic carbocycles. The molecule has 0 saturated heterocycles. The molecule has 4 heteroatoms. The van der Waals surface area contributed by atoms with E-state index in [1.165, 1.54) is 13.8 Å². The van der Waals surface area contributed by atoms with Gasteiger partial charge >= 0.3 is 0 Å². The lowest BCUT2D eigenvalue weighted by Crippen LogP contribution is -2.46. The number of rotatable bonds is 4. The third-order valence-electron chi connectivity index (χ3n) is 2.10. The Morgan fingerprint density at radius 3 is 2.09 bits per heavy atom. The van der Waals surface area contributed by atoms with E-state index in [1.807, 2.05) is 0 Å². The number of aliphatic hydroxyl groups is 2. The van der Waals surface area contributed by atoms with Gasteiger partial charge in [0.15, 0.2) is 5.54 Å². The van der Waals surface area contributed by atoms with Crippen molar-refractivity contribution in [2.24, 2.45) is 5.18 Å². The Hall–Kier alpha value is -0.480. The van der Waals surface area contributed by atoms with E-state index in [2.05, 4.69) is 5.18 Å². The van der Waals surface area contributed by atoms with E-state index < -0.39 is 17.7 Å². The maximum atomic E-state index is 10.3. The first kappa shape index (κ1) is 10.5. The van der Waals surface area contributed by atoms with Crippen LogP contribution in [0.4, 0.5) is 0 Å². The molecule has 0 aromatic rings. The second-order valence-corrected chi connectivity index (χ2v) is 2.92. The molecule has 0 saturated carbocycles. The van der Waals surface area contributed by atoms with Gasteiger partial charge in [-0.1, -0.05) is 12.1 Å². The molecule has 0 aromatic heterocycles. The van der Waals surface area contributed by atoms with E-state index in [-0.39, 0.29) is 0 Å². The molecular formula is C7H15NO3. The van der Waals surface area contributed by atoms with E-state index in [4.69, 9.17) is 5.11 Å². The summed E-state index contributed by atoms with van der Waals surface area (Å²) in [5, 5.41) is 21.2. The van der Waals surface area contributed by atoms with Gasteiger partial charge in [-0.05, 0) is 20.3 Å². The average molecular weight is 161 g/mol. The number of hydrogen-bond acceptors (Lipinski definition) is 4. The Morgan fingerprint density at radius 1 is 1.55 bits per heavy atom. The van der Waals surface area contributed by atoms with Crippen molar-refractivity contribution in [1.82, 2.24) is 0 Å². The van der Waals surface area contributed by atoms with Crippen molar-refractivity contribution in [2.45, 2.75) is 44.9 Å². The number of nitrogens with zero attached hydrogens (tertiary/aromatic N) is 1. The Morgan fingerprint density at radius 2 is 2.00 bits per heavy atom. The van der Waals surface area contributed by atoms with Crippen LogP contribution in [0.1, 0.15) is 27.2 Å². The molecule has 3 unspecified atom stereocenters. The monoisotopic (exact) mass is 161 g/mol. The molecule has 0 aliphatic rings. The van der Waals surface area contributed by atoms with Crippen LogP contribution in [-0.4, -0.2) is 28.0 Å². The summed E-state index contributed by atoms with van der Waals surface area (Å²) in [6, 6.07) is 0. The smallest absolute Gasteiger partial charge is 0.151 e. The zero-order chi connectivity index (χ0) is 9.07. The maximum absolute atomic E-state index is 10.3. The van der Waals surface area contributed by atoms with Crippen molar-refractivity contribution in [3.63, 3.8) is 0 Å². The minimum atomic E-state index is -1.27. The van der Waals surface area contributed by atoms with Crippen molar-refractivity contribution in [2.75, 3.05) is 0 Å². The van der Waals surface area contributed by atoms with Gasteiger partial charge in [0.25, 0.3) is 0 Å². The summed E-state index contributed by atoms with van der Waals surface area (Å²) in [6.45, 7) is 4.62. The van der Waals surface area contributed by atoms with Crippen molar-refractivity contribution in [3.8, 4) is 0 Å². The van der Waals surface area contributed by atoms with Gasteiger partial charge in [0.2, 0.25) is 0 Å². The molecular weight excluding hydrogens is 146 g/mol. The third kappa shape index (κ3) is 1.97. The first-order chi connectivity index (χ1) is 4.99. The molecule has 0 heterocycles. The largest absolute Gasteiger partial charge is 0.391 e. The molecule has 0 rings (SSSR count). The molecule has 0 aromatic carbocycles. The molecule has 3 atom stereocenters. The van der Waals surface area contributed by atoms with Crippen LogP contribution in [0, 0.1) is 4.91 Å². The summed E-state index contributed by atoms with van der Waals surface area (Å²) >= 11 is 0. The van der Waals surface area contributed by atoms with Gasteiger partial charge in [-0.3, -0.25) is 0 Å². The van der Waals surface area contributed by atoms with Crippen molar-refractivity contribution in [3.05, 3.63) is 4.91 Å². The van der Waals surface area contributed by atoms with Crippen LogP contribution in [0.3, 0.4) is 0 Å². The van der Waals surface area contributed by atoms with Gasteiger partial charge in [-0.15, -0.1) is 0 Å². The molecule has 0 spiro atoms. The van der Waals surface area contributed by atoms with Crippen molar-refractivity contribution >= 4 is 0 Å². The van der Waals surface area contributed by atoms with E-state index in [9.17, 15) is 10.0 Å². The minimum absolute atomic E-state index is 0.410. The fourth-order valence-corrected chi connectivity index (χ4v) is 0.829. The Labute approximate surface area is 66.2 Å². The molecule has 0 amide bonds. The number of aliphatic hydroxyl groups excluding tert-OH is 2. The molecule has 2 N–H and O–H groups in total. The Kier molecular flexibility index (Phi) is 3.62. The van der Waals surface area contributed by atoms with Crippen LogP contribution in [0.25, 0.3) is 0 Å². The molecule has 0 fully saturated rings. The van der Waals surface area contributed by atoms with Crippen LogP contribution in [0.2, 0.25) is 0 Å². The lowest BCUT2D eigenvalue weighted by Gasteiger charge is -2.28. The van der Waals surface area contributed by atoms with Crippen molar-refractivity contribution < 1.29 is 10.2 Å². The van der Waals surface area contributed by atoms with Gasteiger partial charge in [0.1, 0.15) is 0 Å². The first-order valence-electron chi connectivity index (χ1n) is 3.69. The summed E-state index contributed by atoms with van der Waals surface area (Å²) in [4.78, 5) is 10.3. The van der Waals surface area contributed by atoms with Crippen LogP contribution < -0.4 is 0 Å². The van der Waals surface area contributed by atoms with E-state index >= 15 is 0 Å². The van der Waals surface area contributed by atoms with Crippen molar-refractivity contribution in [1.29, 1.82) is 0 Å². The summed E-state index contributed by atoms with van der Waals surface area (Å²) in [5.74, 6) is 0. The fraction of sp³-hybridized carbons (Fsp3) is 1.00. The Balaban J connectivity index is 4.44. The summed E-state index contributed by atoms with van der Waals surface area (Å²) in [5.41, 5.74) is -1.27. The fourth-order valence-electron chi connectivity index (χ4n) is 0.829. The summed E-state index contributed by atoms with van der Waals surface area (Å²) in [7, 11) is 0. The molecule has 11 heavy (non-hydrogen) atoms. The second-order valence-electron chi connectivity index (χ2n) is 2.92. The first-order valence-corrected chi connectivity index (χ1v) is 3.69. The molecule has 66 valence electrons. The van der Waals surface area contributed by atoms with E-state index in [0.717, 1.165) is 0 Å². The predicted molar refractivity (Wildman–Crippen MR) is 42.2 cm³/mol. The highest BCUT2D eigenvalue weighted by atomic mass is 16.3. The zero-order valence-corrected chi connectivity index (χ0v) is 7.11. The van der Waals surface area contributed by atoms with Crippen LogP contribution in [-0.2, 0) is 0 Å². The SMILES string of the molecule is CCC(O)C(C)(N=O)C(C)O. The van der Waals surface area contributed by atoms with Crippen LogP contribution in [0.5, 0.6) is 0 Å². The van der Waals surface area contributed by atoms with E-state index in [0.29, 0.717) is 6.42 Å². The third-order valence-corrected chi connectivity index (χ3v) is 2.10. The highest BCUT2D eigenvalue weighted by molar-refractivity contribution is 4.94. The minimum Gasteiger partial charge on any atom is -0.391 e. The highest BCUT2D eigenvalue weighted by Crippen LogP contribution is 2.22. The lowest BCUT2D eigenvalue weighted by molar-refractivity contribution is 0.00741. The van der Waals surface area contributed by atoms with Crippen LogP contribution >= 0.6 is 0 Å². The standard InChI is InChI=1S/C7H15NO3/c1-4-6(10)7(3,8-11)5(2)9/h5-6,9-10H,4H2,1-3H3. The van der Waals surface area contributed by atoms with Gasteiger partial charge in [-0.25, -0.2) is 0 Å². The van der Waals surface area contributed by atoms with Gasteiger partial charge in [0, 0.05) is 0 Å². The van der Waals surface area contributed by atoms with Gasteiger partial charge in [-0.2, -0.15) is 4.91 Å². The summed E-state index contributed by atoms with van der Waals surface area (Å²) < 4.78 is 0. The highest BCUT2D eigenvalue weighted by Gasteiger charge is 2.38. The average Bonchev–Trinajstić information content (AvgIpc) is 2.01. The maximum Gasteiger partial charge on any atom is 0.151 e. The topological polar surface area (TPSA) is 69.9 Å². The quantitative estimate of drug-likeness (QED) is 0.595. The number of nitroso groups, excluding NO2 is 1. The van der Waals surface area contributed by atoms with Crippen LogP contribution in [0.15, 0.2) is 5.18 Å². The van der Waals surface area contributed by atoms with E-state index in [1.54, 1.807) is 6.92 Å². The normalized spacial score (nSPS) is 21.9. The zero-order valence-electron chi connectivity index (χ0n) is 7.11. The lowest BCUT2D eigenvalue weighted by atomic mass is 9.89. The number of hydrogen-bond donors (Lipinski definition) is 2. The summed E-state index contributed by atoms with van der Waals surface area (Å²) in [6.07, 6.45) is -1.39. The van der Waals surface area contributed by atoms with Gasteiger partial charge < -0.3 is 10.2 Å². The molecule has 0 radical (unpaired) electrons. The molecule has 0 bridgehead atoms.